The number of amides is 1. The van der Waals surface area contributed by atoms with Crippen molar-refractivity contribution < 1.29 is 14.3 Å². The summed E-state index contributed by atoms with van der Waals surface area (Å²) in [6.07, 6.45) is 3.63. The molecule has 0 saturated carbocycles. The third-order valence-electron chi connectivity index (χ3n) is 2.97. The van der Waals surface area contributed by atoms with Gasteiger partial charge in [-0.1, -0.05) is 6.07 Å². The number of benzene rings is 1. The van der Waals surface area contributed by atoms with Gasteiger partial charge in [0, 0.05) is 32.4 Å². The summed E-state index contributed by atoms with van der Waals surface area (Å²) in [7, 11) is 3.50. The number of aromatic nitrogens is 2. The fraction of sp³-hybridized carbons (Fsp3) is 0.286. The van der Waals surface area contributed by atoms with Crippen molar-refractivity contribution in [3.05, 3.63) is 47.5 Å². The van der Waals surface area contributed by atoms with Crippen LogP contribution in [0.25, 0.3) is 0 Å². The lowest BCUT2D eigenvalue weighted by Gasteiger charge is -2.16. The molecule has 0 fully saturated rings. The van der Waals surface area contributed by atoms with Crippen LogP contribution in [0.15, 0.2) is 30.6 Å². The van der Waals surface area contributed by atoms with E-state index in [4.69, 9.17) is 5.11 Å². The van der Waals surface area contributed by atoms with E-state index in [1.807, 2.05) is 13.2 Å². The number of nitrogens with zero attached hydrogens (tertiary/aromatic N) is 3. The molecule has 0 saturated heterocycles. The van der Waals surface area contributed by atoms with Gasteiger partial charge in [-0.2, -0.15) is 5.10 Å². The molecule has 5 nitrogen and oxygen atoms in total. The van der Waals surface area contributed by atoms with Crippen molar-refractivity contribution in [1.82, 2.24) is 14.7 Å². The maximum Gasteiger partial charge on any atom is 0.227 e. The van der Waals surface area contributed by atoms with Crippen LogP contribution in [-0.2, 0) is 24.8 Å². The summed E-state index contributed by atoms with van der Waals surface area (Å²) < 4.78 is 14.9. The molecule has 0 aliphatic carbocycles. The van der Waals surface area contributed by atoms with E-state index in [0.29, 0.717) is 12.1 Å². The van der Waals surface area contributed by atoms with E-state index in [-0.39, 0.29) is 12.3 Å². The topological polar surface area (TPSA) is 58.4 Å². The molecule has 1 amide bonds. The maximum atomic E-state index is 13.2. The van der Waals surface area contributed by atoms with Crippen molar-refractivity contribution in [1.29, 1.82) is 0 Å². The fourth-order valence-corrected chi connectivity index (χ4v) is 1.89. The zero-order valence-electron chi connectivity index (χ0n) is 11.4. The molecule has 1 N–H and O–H groups in total. The fourth-order valence-electron chi connectivity index (χ4n) is 1.89. The molecule has 0 aliphatic heterocycles. The first-order valence-electron chi connectivity index (χ1n) is 6.14. The van der Waals surface area contributed by atoms with E-state index in [1.165, 1.54) is 18.2 Å². The van der Waals surface area contributed by atoms with Crippen LogP contribution in [0.1, 0.15) is 11.1 Å². The van der Waals surface area contributed by atoms with Gasteiger partial charge in [0.25, 0.3) is 0 Å². The highest BCUT2D eigenvalue weighted by molar-refractivity contribution is 5.78. The highest BCUT2D eigenvalue weighted by Gasteiger charge is 2.12. The second kappa shape index (κ2) is 5.73. The van der Waals surface area contributed by atoms with Crippen molar-refractivity contribution in [2.45, 2.75) is 13.0 Å². The summed E-state index contributed by atoms with van der Waals surface area (Å²) in [6.45, 7) is 0.452. The number of phenols is 1. The quantitative estimate of drug-likeness (QED) is 0.920. The van der Waals surface area contributed by atoms with Crippen LogP contribution in [0.4, 0.5) is 4.39 Å². The first-order chi connectivity index (χ1) is 9.45. The lowest BCUT2D eigenvalue weighted by atomic mass is 10.1. The summed E-state index contributed by atoms with van der Waals surface area (Å²) in [5.41, 5.74) is 1.46. The van der Waals surface area contributed by atoms with Gasteiger partial charge in [0.05, 0.1) is 12.6 Å². The Labute approximate surface area is 116 Å². The molecular weight excluding hydrogens is 261 g/mol. The third kappa shape index (κ3) is 3.34. The summed E-state index contributed by atoms with van der Waals surface area (Å²) in [4.78, 5) is 13.6. The summed E-state index contributed by atoms with van der Waals surface area (Å²) >= 11 is 0. The molecule has 1 heterocycles. The van der Waals surface area contributed by atoms with Crippen LogP contribution in [0.5, 0.6) is 5.75 Å². The summed E-state index contributed by atoms with van der Waals surface area (Å²) in [5.74, 6) is -1.26. The standard InChI is InChI=1S/C14H16FN3O2/c1-17(8-11-7-16-18(2)9-11)14(20)6-10-3-4-13(19)12(15)5-10/h3-5,7,9,19H,6,8H2,1-2H3. The van der Waals surface area contributed by atoms with Crippen LogP contribution in [-0.4, -0.2) is 32.7 Å². The van der Waals surface area contributed by atoms with E-state index in [2.05, 4.69) is 5.10 Å². The van der Waals surface area contributed by atoms with E-state index in [1.54, 1.807) is 22.8 Å². The molecule has 0 spiro atoms. The largest absolute Gasteiger partial charge is 0.505 e. The predicted octanol–water partition coefficient (Wildman–Crippen LogP) is 1.47. The average Bonchev–Trinajstić information content (AvgIpc) is 2.79. The molecule has 0 aliphatic rings. The number of aryl methyl sites for hydroxylation is 1. The number of carbonyl (C=O) groups excluding carboxylic acids is 1. The lowest BCUT2D eigenvalue weighted by Crippen LogP contribution is -2.27. The van der Waals surface area contributed by atoms with Gasteiger partial charge in [0.15, 0.2) is 11.6 Å². The number of aromatic hydroxyl groups is 1. The maximum absolute atomic E-state index is 13.2. The average molecular weight is 277 g/mol. The molecule has 2 aromatic rings. The monoisotopic (exact) mass is 277 g/mol. The van der Waals surface area contributed by atoms with Crippen LogP contribution in [0, 0.1) is 5.82 Å². The van der Waals surface area contributed by atoms with Crippen LogP contribution >= 0.6 is 0 Å². The number of halogens is 1. The van der Waals surface area contributed by atoms with Crippen LogP contribution in [0.2, 0.25) is 0 Å². The first kappa shape index (κ1) is 14.0. The van der Waals surface area contributed by atoms with Crippen LogP contribution in [0.3, 0.4) is 0 Å². The van der Waals surface area contributed by atoms with Gasteiger partial charge in [0.2, 0.25) is 5.91 Å². The minimum absolute atomic E-state index is 0.0912. The number of likely N-dealkylation sites (N-methyl/N-ethyl adjacent to an activating group) is 1. The summed E-state index contributed by atoms with van der Waals surface area (Å²) in [5, 5.41) is 13.1. The molecule has 0 unspecified atom stereocenters. The normalized spacial score (nSPS) is 10.6. The van der Waals surface area contributed by atoms with Gasteiger partial charge in [-0.25, -0.2) is 4.39 Å². The molecule has 20 heavy (non-hydrogen) atoms. The molecule has 106 valence electrons. The number of phenolic OH excluding ortho intramolecular Hbond substituents is 1. The Hall–Kier alpha value is -2.37. The summed E-state index contributed by atoms with van der Waals surface area (Å²) in [6, 6.07) is 3.96. The van der Waals surface area contributed by atoms with E-state index < -0.39 is 11.6 Å². The zero-order chi connectivity index (χ0) is 14.7. The number of rotatable bonds is 4. The minimum atomic E-state index is -0.717. The molecule has 1 aromatic carbocycles. The van der Waals surface area contributed by atoms with Gasteiger partial charge < -0.3 is 10.0 Å². The molecule has 0 bridgehead atoms. The molecule has 0 radical (unpaired) electrons. The van der Waals surface area contributed by atoms with Gasteiger partial charge in [0.1, 0.15) is 0 Å². The smallest absolute Gasteiger partial charge is 0.227 e. The SMILES string of the molecule is CN(Cc1cnn(C)c1)C(=O)Cc1ccc(O)c(F)c1. The zero-order valence-corrected chi connectivity index (χ0v) is 11.4. The number of hydrogen-bond acceptors (Lipinski definition) is 3. The van der Waals surface area contributed by atoms with Gasteiger partial charge in [-0.05, 0) is 17.7 Å². The van der Waals surface area contributed by atoms with Crippen molar-refractivity contribution in [2.75, 3.05) is 7.05 Å². The second-order valence-electron chi connectivity index (χ2n) is 4.73. The number of hydrogen-bond donors (Lipinski definition) is 1. The van der Waals surface area contributed by atoms with Gasteiger partial charge in [-0.3, -0.25) is 9.48 Å². The molecular formula is C14H16FN3O2. The Morgan fingerprint density at radius 1 is 1.45 bits per heavy atom. The minimum Gasteiger partial charge on any atom is -0.505 e. The molecule has 0 atom stereocenters. The Kier molecular flexibility index (Phi) is 4.02. The van der Waals surface area contributed by atoms with Crippen molar-refractivity contribution >= 4 is 5.91 Å². The Morgan fingerprint density at radius 2 is 2.20 bits per heavy atom. The molecule has 6 heteroatoms. The van der Waals surface area contributed by atoms with Crippen LogP contribution < -0.4 is 0 Å². The third-order valence-corrected chi connectivity index (χ3v) is 2.97. The van der Waals surface area contributed by atoms with Crippen molar-refractivity contribution in [3.8, 4) is 5.75 Å². The van der Waals surface area contributed by atoms with Crippen molar-refractivity contribution in [3.63, 3.8) is 0 Å². The van der Waals surface area contributed by atoms with E-state index in [9.17, 15) is 9.18 Å². The van der Waals surface area contributed by atoms with Crippen molar-refractivity contribution in [2.24, 2.45) is 7.05 Å². The Balaban J connectivity index is 1.98. The molecule has 2 rings (SSSR count). The Bertz CT molecular complexity index is 625. The highest BCUT2D eigenvalue weighted by Crippen LogP contribution is 2.17. The van der Waals surface area contributed by atoms with E-state index in [0.717, 1.165) is 5.56 Å². The predicted molar refractivity (Wildman–Crippen MR) is 71.5 cm³/mol. The Morgan fingerprint density at radius 3 is 2.80 bits per heavy atom. The number of carbonyl (C=O) groups is 1. The van der Waals surface area contributed by atoms with Gasteiger partial charge in [-0.15, -0.1) is 0 Å². The lowest BCUT2D eigenvalue weighted by molar-refractivity contribution is -0.129. The van der Waals surface area contributed by atoms with E-state index >= 15 is 0 Å². The first-order valence-corrected chi connectivity index (χ1v) is 6.14. The highest BCUT2D eigenvalue weighted by atomic mass is 19.1. The molecule has 1 aromatic heterocycles. The van der Waals surface area contributed by atoms with Gasteiger partial charge >= 0.3 is 0 Å². The second-order valence-corrected chi connectivity index (χ2v) is 4.73.